The Balaban J connectivity index is 1.86. The van der Waals surface area contributed by atoms with E-state index in [0.29, 0.717) is 6.54 Å². The predicted octanol–water partition coefficient (Wildman–Crippen LogP) is 2.61. The Labute approximate surface area is 117 Å². The molecule has 5 heteroatoms. The molecule has 0 spiro atoms. The van der Waals surface area contributed by atoms with Gasteiger partial charge in [0.25, 0.3) is 0 Å². The minimum atomic E-state index is 0.685. The Morgan fingerprint density at radius 2 is 1.90 bits per heavy atom. The minimum absolute atomic E-state index is 0.685. The number of nitrogens with zero attached hydrogens (tertiary/aromatic N) is 4. The molecule has 0 bridgehead atoms. The average Bonchev–Trinajstić information content (AvgIpc) is 2.79. The fraction of sp³-hybridized carbons (Fsp3) is 0.267. The van der Waals surface area contributed by atoms with E-state index in [1.54, 1.807) is 0 Å². The highest BCUT2D eigenvalue weighted by Crippen LogP contribution is 2.15. The van der Waals surface area contributed by atoms with Gasteiger partial charge >= 0.3 is 0 Å². The number of anilines is 1. The van der Waals surface area contributed by atoms with E-state index >= 15 is 0 Å². The largest absolute Gasteiger partial charge is 0.352 e. The second-order valence-corrected chi connectivity index (χ2v) is 4.97. The van der Waals surface area contributed by atoms with Gasteiger partial charge in [0.2, 0.25) is 0 Å². The molecule has 0 radical (unpaired) electrons. The summed E-state index contributed by atoms with van der Waals surface area (Å²) in [6.07, 6.45) is 0. The Kier molecular flexibility index (Phi) is 3.10. The molecule has 2 aromatic heterocycles. The van der Waals surface area contributed by atoms with Crippen molar-refractivity contribution in [3.8, 4) is 0 Å². The maximum atomic E-state index is 4.58. The first-order valence-electron chi connectivity index (χ1n) is 6.59. The Morgan fingerprint density at radius 3 is 2.65 bits per heavy atom. The molecule has 1 aromatic carbocycles. The highest BCUT2D eigenvalue weighted by Gasteiger charge is 2.08. The molecule has 0 amide bonds. The number of nitrogens with one attached hydrogen (secondary N) is 1. The molecule has 3 aromatic rings. The predicted molar refractivity (Wildman–Crippen MR) is 79.7 cm³/mol. The number of para-hydroxylation sites is 2. The van der Waals surface area contributed by atoms with E-state index in [2.05, 4.69) is 24.8 Å². The van der Waals surface area contributed by atoms with Crippen molar-refractivity contribution in [1.29, 1.82) is 0 Å². The number of rotatable bonds is 3. The molecule has 0 saturated carbocycles. The molecule has 5 nitrogen and oxygen atoms in total. The summed E-state index contributed by atoms with van der Waals surface area (Å²) < 4.78 is 0. The summed E-state index contributed by atoms with van der Waals surface area (Å²) in [5.74, 6) is 2.63. The molecule has 20 heavy (non-hydrogen) atoms. The number of benzene rings is 1. The lowest BCUT2D eigenvalue weighted by Gasteiger charge is -2.17. The van der Waals surface area contributed by atoms with Crippen LogP contribution < -0.4 is 4.90 Å². The van der Waals surface area contributed by atoms with Crippen molar-refractivity contribution in [2.45, 2.75) is 20.4 Å². The molecule has 0 atom stereocenters. The molecular formula is C15H17N5. The lowest BCUT2D eigenvalue weighted by atomic mass is 10.3. The molecule has 0 unspecified atom stereocenters. The van der Waals surface area contributed by atoms with Crippen LogP contribution in [0.25, 0.3) is 11.0 Å². The van der Waals surface area contributed by atoms with Gasteiger partial charge in [-0.15, -0.1) is 0 Å². The fourth-order valence-corrected chi connectivity index (χ4v) is 2.28. The summed E-state index contributed by atoms with van der Waals surface area (Å²) in [5, 5.41) is 0. The maximum absolute atomic E-state index is 4.58. The lowest BCUT2D eigenvalue weighted by molar-refractivity contribution is 0.833. The van der Waals surface area contributed by atoms with Gasteiger partial charge in [0, 0.05) is 18.8 Å². The third kappa shape index (κ3) is 2.47. The molecule has 0 saturated heterocycles. The SMILES string of the molecule is Cc1cc(N(C)Cc2nc3ccccc3[nH]2)nc(C)n1. The monoisotopic (exact) mass is 267 g/mol. The highest BCUT2D eigenvalue weighted by atomic mass is 15.2. The Hall–Kier alpha value is -2.43. The van der Waals surface area contributed by atoms with Crippen molar-refractivity contribution < 1.29 is 0 Å². The van der Waals surface area contributed by atoms with Crippen molar-refractivity contribution >= 4 is 16.9 Å². The zero-order valence-electron chi connectivity index (χ0n) is 11.9. The van der Waals surface area contributed by atoms with Crippen LogP contribution in [0.4, 0.5) is 5.82 Å². The smallest absolute Gasteiger partial charge is 0.132 e. The van der Waals surface area contributed by atoms with Gasteiger partial charge in [-0.2, -0.15) is 0 Å². The number of aromatic amines is 1. The summed E-state index contributed by atoms with van der Waals surface area (Å²) in [6, 6.07) is 10.0. The van der Waals surface area contributed by atoms with Crippen LogP contribution in [0.5, 0.6) is 0 Å². The average molecular weight is 267 g/mol. The van der Waals surface area contributed by atoms with Gasteiger partial charge in [-0.3, -0.25) is 0 Å². The quantitative estimate of drug-likeness (QED) is 0.792. The van der Waals surface area contributed by atoms with Crippen LogP contribution in [-0.4, -0.2) is 27.0 Å². The topological polar surface area (TPSA) is 57.7 Å². The number of aryl methyl sites for hydroxylation is 2. The van der Waals surface area contributed by atoms with Crippen molar-refractivity contribution in [3.63, 3.8) is 0 Å². The van der Waals surface area contributed by atoms with Crippen molar-refractivity contribution in [1.82, 2.24) is 19.9 Å². The normalized spacial score (nSPS) is 10.9. The van der Waals surface area contributed by atoms with Crippen molar-refractivity contribution in [2.75, 3.05) is 11.9 Å². The summed E-state index contributed by atoms with van der Waals surface area (Å²) in [5.41, 5.74) is 3.03. The number of hydrogen-bond donors (Lipinski definition) is 1. The molecule has 2 heterocycles. The molecule has 1 N–H and O–H groups in total. The van der Waals surface area contributed by atoms with Gasteiger partial charge < -0.3 is 9.88 Å². The standard InChI is InChI=1S/C15H17N5/c1-10-8-15(17-11(2)16-10)20(3)9-14-18-12-6-4-5-7-13(12)19-14/h4-8H,9H2,1-3H3,(H,18,19). The second-order valence-electron chi connectivity index (χ2n) is 4.97. The van der Waals surface area contributed by atoms with Crippen LogP contribution in [-0.2, 0) is 6.54 Å². The first kappa shape index (κ1) is 12.6. The molecular weight excluding hydrogens is 250 g/mol. The van der Waals surface area contributed by atoms with Crippen LogP contribution in [0.2, 0.25) is 0 Å². The third-order valence-corrected chi connectivity index (χ3v) is 3.17. The number of fused-ring (bicyclic) bond motifs is 1. The Bertz CT molecular complexity index is 694. The van der Waals surface area contributed by atoms with Gasteiger partial charge in [0.05, 0.1) is 17.6 Å². The molecule has 0 aliphatic carbocycles. The van der Waals surface area contributed by atoms with Gasteiger partial charge in [0.1, 0.15) is 17.5 Å². The lowest BCUT2D eigenvalue weighted by Crippen LogP contribution is -2.19. The van der Waals surface area contributed by atoms with E-state index in [1.165, 1.54) is 0 Å². The Morgan fingerprint density at radius 1 is 1.10 bits per heavy atom. The summed E-state index contributed by atoms with van der Waals surface area (Å²) in [4.78, 5) is 18.7. The molecule has 102 valence electrons. The summed E-state index contributed by atoms with van der Waals surface area (Å²) >= 11 is 0. The van der Waals surface area contributed by atoms with E-state index in [4.69, 9.17) is 0 Å². The van der Waals surface area contributed by atoms with Crippen LogP contribution in [0.3, 0.4) is 0 Å². The van der Waals surface area contributed by atoms with Gasteiger partial charge in [0.15, 0.2) is 0 Å². The number of H-pyrrole nitrogens is 1. The summed E-state index contributed by atoms with van der Waals surface area (Å²) in [6.45, 7) is 4.57. The minimum Gasteiger partial charge on any atom is -0.352 e. The number of imidazole rings is 1. The van der Waals surface area contributed by atoms with Gasteiger partial charge in [-0.1, -0.05) is 12.1 Å². The van der Waals surface area contributed by atoms with E-state index in [0.717, 1.165) is 34.2 Å². The van der Waals surface area contributed by atoms with E-state index < -0.39 is 0 Å². The number of hydrogen-bond acceptors (Lipinski definition) is 4. The molecule has 0 fully saturated rings. The zero-order valence-corrected chi connectivity index (χ0v) is 11.9. The van der Waals surface area contributed by atoms with E-state index in [1.807, 2.05) is 51.2 Å². The number of aromatic nitrogens is 4. The first-order chi connectivity index (χ1) is 9.61. The van der Waals surface area contributed by atoms with Crippen LogP contribution in [0.15, 0.2) is 30.3 Å². The zero-order chi connectivity index (χ0) is 14.1. The molecule has 0 aliphatic heterocycles. The fourth-order valence-electron chi connectivity index (χ4n) is 2.28. The van der Waals surface area contributed by atoms with Crippen LogP contribution in [0, 0.1) is 13.8 Å². The third-order valence-electron chi connectivity index (χ3n) is 3.17. The van der Waals surface area contributed by atoms with Crippen LogP contribution in [0.1, 0.15) is 17.3 Å². The van der Waals surface area contributed by atoms with Crippen LogP contribution >= 0.6 is 0 Å². The second kappa shape index (κ2) is 4.92. The summed E-state index contributed by atoms with van der Waals surface area (Å²) in [7, 11) is 2.01. The highest BCUT2D eigenvalue weighted by molar-refractivity contribution is 5.74. The molecule has 0 aliphatic rings. The van der Waals surface area contributed by atoms with Gasteiger partial charge in [-0.25, -0.2) is 15.0 Å². The van der Waals surface area contributed by atoms with E-state index in [9.17, 15) is 0 Å². The van der Waals surface area contributed by atoms with E-state index in [-0.39, 0.29) is 0 Å². The van der Waals surface area contributed by atoms with Crippen molar-refractivity contribution in [2.24, 2.45) is 0 Å². The first-order valence-corrected chi connectivity index (χ1v) is 6.59. The van der Waals surface area contributed by atoms with Gasteiger partial charge in [-0.05, 0) is 26.0 Å². The molecule has 3 rings (SSSR count). The van der Waals surface area contributed by atoms with Crippen molar-refractivity contribution in [3.05, 3.63) is 47.7 Å². The maximum Gasteiger partial charge on any atom is 0.132 e.